The topological polar surface area (TPSA) is 29.0 Å². The van der Waals surface area contributed by atoms with Crippen LogP contribution in [0.1, 0.15) is 35.5 Å². The number of nitrogens with zero attached hydrogens (tertiary/aromatic N) is 3. The first-order valence-electron chi connectivity index (χ1n) is 13.7. The van der Waals surface area contributed by atoms with Crippen LogP contribution in [0, 0.1) is 6.92 Å². The number of anilines is 3. The Morgan fingerprint density at radius 1 is 0.756 bits per heavy atom. The van der Waals surface area contributed by atoms with E-state index in [9.17, 15) is 0 Å². The number of allylic oxidation sites excluding steroid dienone is 2. The predicted octanol–water partition coefficient (Wildman–Crippen LogP) is 10.7. The molecule has 4 aromatic carbocycles. The van der Waals surface area contributed by atoms with Crippen molar-refractivity contribution in [1.82, 2.24) is 9.97 Å². The molecule has 0 atom stereocenters. The fourth-order valence-corrected chi connectivity index (χ4v) is 7.62. The maximum Gasteiger partial charge on any atom is 0.124 e. The fraction of sp³-hybridized carbons (Fsp3) is 0.111. The second kappa shape index (κ2) is 9.95. The molecule has 2 aromatic heterocycles. The maximum absolute atomic E-state index is 5.04. The average Bonchev–Trinajstić information content (AvgIpc) is 3.60. The van der Waals surface area contributed by atoms with Crippen molar-refractivity contribution >= 4 is 56.0 Å². The van der Waals surface area contributed by atoms with Crippen molar-refractivity contribution in [2.45, 2.75) is 26.2 Å². The molecule has 0 saturated carbocycles. The summed E-state index contributed by atoms with van der Waals surface area (Å²) in [6.45, 7) is 10.6. The number of hydrogen-bond donors (Lipinski definition) is 0. The Balaban J connectivity index is 1.48. The van der Waals surface area contributed by atoms with E-state index in [0.717, 1.165) is 38.0 Å². The number of aryl methyl sites for hydroxylation is 1. The minimum absolute atomic E-state index is 0.115. The second-order valence-electron chi connectivity index (χ2n) is 10.8. The lowest BCUT2D eigenvalue weighted by atomic mass is 9.73. The third-order valence-electron chi connectivity index (χ3n) is 7.82. The van der Waals surface area contributed by atoms with Gasteiger partial charge in [0.2, 0.25) is 0 Å². The highest BCUT2D eigenvalue weighted by Crippen LogP contribution is 2.52. The Kier molecular flexibility index (Phi) is 6.22. The quantitative estimate of drug-likeness (QED) is 0.194. The van der Waals surface area contributed by atoms with E-state index in [1.165, 1.54) is 32.1 Å². The number of aromatic nitrogens is 2. The van der Waals surface area contributed by atoms with Gasteiger partial charge in [0.1, 0.15) is 10.0 Å². The molecule has 1 aliphatic rings. The van der Waals surface area contributed by atoms with Gasteiger partial charge in [0.25, 0.3) is 0 Å². The molecule has 3 nitrogen and oxygen atoms in total. The highest BCUT2D eigenvalue weighted by molar-refractivity contribution is 7.21. The van der Waals surface area contributed by atoms with Crippen molar-refractivity contribution in [2.75, 3.05) is 4.90 Å². The fourth-order valence-electron chi connectivity index (χ4n) is 5.78. The summed E-state index contributed by atoms with van der Waals surface area (Å²) in [4.78, 5) is 13.7. The molecule has 0 aliphatic carbocycles. The van der Waals surface area contributed by atoms with E-state index in [2.05, 4.69) is 117 Å². The summed E-state index contributed by atoms with van der Waals surface area (Å²) in [7, 11) is 0. The Morgan fingerprint density at radius 3 is 2.02 bits per heavy atom. The Hall–Kier alpha value is -4.32. The summed E-state index contributed by atoms with van der Waals surface area (Å²) in [5, 5.41) is 2.00. The summed E-state index contributed by atoms with van der Waals surface area (Å²) < 4.78 is 1.19. The van der Waals surface area contributed by atoms with Gasteiger partial charge in [-0.05, 0) is 66.6 Å². The van der Waals surface area contributed by atoms with Gasteiger partial charge in [-0.15, -0.1) is 22.7 Å². The standard InChI is InChI=1S/C36H29N3S2/c1-5-6-15-29-23(2)40-34(37-29)24-20-25(35-38-30-16-9-12-19-33(30)41-35)22-26(21-24)39-31-17-10-7-13-27(31)36(3,4)28-14-8-11-18-32(28)39/h5-22H,1H2,2-4H3/b15-6-. The van der Waals surface area contributed by atoms with Crippen LogP contribution < -0.4 is 4.90 Å². The monoisotopic (exact) mass is 567 g/mol. The lowest BCUT2D eigenvalue weighted by Crippen LogP contribution is -2.30. The van der Waals surface area contributed by atoms with Gasteiger partial charge >= 0.3 is 0 Å². The van der Waals surface area contributed by atoms with Gasteiger partial charge < -0.3 is 4.90 Å². The summed E-state index contributed by atoms with van der Waals surface area (Å²) in [6.07, 6.45) is 5.76. The second-order valence-corrected chi connectivity index (χ2v) is 13.0. The van der Waals surface area contributed by atoms with Gasteiger partial charge in [0, 0.05) is 27.1 Å². The molecule has 3 heterocycles. The van der Waals surface area contributed by atoms with Crippen molar-refractivity contribution in [3.8, 4) is 21.1 Å². The van der Waals surface area contributed by atoms with Gasteiger partial charge in [-0.1, -0.05) is 81.1 Å². The molecule has 0 saturated heterocycles. The van der Waals surface area contributed by atoms with Crippen molar-refractivity contribution in [3.63, 3.8) is 0 Å². The molecule has 7 rings (SSSR count). The SMILES string of the molecule is C=C/C=C\c1nc(-c2cc(-c3nc4ccccc4s3)cc(N3c4ccccc4C(C)(C)c4ccccc43)c2)sc1C. The number of hydrogen-bond acceptors (Lipinski definition) is 5. The third kappa shape index (κ3) is 4.33. The van der Waals surface area contributed by atoms with Crippen molar-refractivity contribution in [1.29, 1.82) is 0 Å². The van der Waals surface area contributed by atoms with Crippen LogP contribution in [-0.2, 0) is 5.41 Å². The van der Waals surface area contributed by atoms with E-state index in [0.29, 0.717) is 0 Å². The van der Waals surface area contributed by atoms with Crippen LogP contribution >= 0.6 is 22.7 Å². The highest BCUT2D eigenvalue weighted by Gasteiger charge is 2.36. The van der Waals surface area contributed by atoms with Crippen molar-refractivity contribution < 1.29 is 0 Å². The molecule has 0 bridgehead atoms. The molecular weight excluding hydrogens is 539 g/mol. The number of para-hydroxylation sites is 3. The van der Waals surface area contributed by atoms with Gasteiger partial charge in [0.15, 0.2) is 0 Å². The summed E-state index contributed by atoms with van der Waals surface area (Å²) in [5.74, 6) is 0. The molecule has 1 aliphatic heterocycles. The normalized spacial score (nSPS) is 13.9. The molecule has 0 amide bonds. The number of benzene rings is 4. The molecule has 0 spiro atoms. The lowest BCUT2D eigenvalue weighted by molar-refractivity contribution is 0.632. The predicted molar refractivity (Wildman–Crippen MR) is 177 cm³/mol. The first kappa shape index (κ1) is 25.6. The third-order valence-corrected chi connectivity index (χ3v) is 9.94. The molecule has 6 aromatic rings. The summed E-state index contributed by atoms with van der Waals surface area (Å²) in [6, 6.07) is 32.7. The first-order chi connectivity index (χ1) is 19.9. The molecule has 5 heteroatoms. The largest absolute Gasteiger partial charge is 0.310 e. The number of rotatable bonds is 5. The molecule has 200 valence electrons. The van der Waals surface area contributed by atoms with Crippen LogP contribution in [-0.4, -0.2) is 9.97 Å². The zero-order valence-corrected chi connectivity index (χ0v) is 24.9. The first-order valence-corrected chi connectivity index (χ1v) is 15.3. The van der Waals surface area contributed by atoms with Crippen LogP contribution in [0.25, 0.3) is 37.4 Å². The Bertz CT molecular complexity index is 1890. The van der Waals surface area contributed by atoms with Crippen LogP contribution in [0.2, 0.25) is 0 Å². The summed E-state index contributed by atoms with van der Waals surface area (Å²) in [5.41, 5.74) is 10.2. The van der Waals surface area contributed by atoms with Crippen LogP contribution in [0.3, 0.4) is 0 Å². The molecule has 0 fully saturated rings. The van der Waals surface area contributed by atoms with E-state index < -0.39 is 0 Å². The Labute approximate surface area is 248 Å². The van der Waals surface area contributed by atoms with Gasteiger partial charge in [-0.25, -0.2) is 9.97 Å². The molecule has 0 N–H and O–H groups in total. The smallest absolute Gasteiger partial charge is 0.124 e. The van der Waals surface area contributed by atoms with Crippen molar-refractivity contribution in [3.05, 3.63) is 131 Å². The van der Waals surface area contributed by atoms with E-state index in [-0.39, 0.29) is 5.41 Å². The summed E-state index contributed by atoms with van der Waals surface area (Å²) >= 11 is 3.45. The minimum atomic E-state index is -0.115. The highest BCUT2D eigenvalue weighted by atomic mass is 32.1. The maximum atomic E-state index is 5.04. The zero-order valence-electron chi connectivity index (χ0n) is 23.3. The number of thiazole rings is 2. The molecule has 0 radical (unpaired) electrons. The molecule has 0 unspecified atom stereocenters. The average molecular weight is 568 g/mol. The lowest BCUT2D eigenvalue weighted by Gasteiger charge is -2.42. The van der Waals surface area contributed by atoms with E-state index in [4.69, 9.17) is 9.97 Å². The van der Waals surface area contributed by atoms with Crippen LogP contribution in [0.5, 0.6) is 0 Å². The molecular formula is C36H29N3S2. The zero-order chi connectivity index (χ0) is 28.1. The van der Waals surface area contributed by atoms with E-state index in [1.807, 2.05) is 18.2 Å². The van der Waals surface area contributed by atoms with Gasteiger partial charge in [0.05, 0.1) is 27.3 Å². The van der Waals surface area contributed by atoms with Crippen LogP contribution in [0.15, 0.2) is 110 Å². The van der Waals surface area contributed by atoms with Crippen molar-refractivity contribution in [2.24, 2.45) is 0 Å². The van der Waals surface area contributed by atoms with Gasteiger partial charge in [-0.2, -0.15) is 0 Å². The minimum Gasteiger partial charge on any atom is -0.310 e. The van der Waals surface area contributed by atoms with Crippen LogP contribution in [0.4, 0.5) is 17.1 Å². The Morgan fingerprint density at radius 2 is 1.37 bits per heavy atom. The van der Waals surface area contributed by atoms with E-state index in [1.54, 1.807) is 28.7 Å². The molecule has 41 heavy (non-hydrogen) atoms. The number of fused-ring (bicyclic) bond motifs is 3. The van der Waals surface area contributed by atoms with Gasteiger partial charge in [-0.3, -0.25) is 0 Å². The van der Waals surface area contributed by atoms with E-state index >= 15 is 0 Å².